The van der Waals surface area contributed by atoms with E-state index in [-0.39, 0.29) is 5.91 Å². The maximum Gasteiger partial charge on any atom is 0.253 e. The van der Waals surface area contributed by atoms with Gasteiger partial charge in [0.1, 0.15) is 0 Å². The zero-order chi connectivity index (χ0) is 13.1. The maximum absolute atomic E-state index is 12.1. The Kier molecular flexibility index (Phi) is 3.67. The second-order valence-electron chi connectivity index (χ2n) is 4.30. The van der Waals surface area contributed by atoms with Crippen LogP contribution in [0.2, 0.25) is 0 Å². The molecular weight excluding hydrogens is 244 g/mol. The fraction of sp³-hybridized carbons (Fsp3) is 0.214. The lowest BCUT2D eigenvalue weighted by molar-refractivity contribution is 0.0951. The summed E-state index contributed by atoms with van der Waals surface area (Å²) in [6.07, 6.45) is 0. The van der Waals surface area contributed by atoms with Gasteiger partial charge in [-0.1, -0.05) is 12.1 Å². The van der Waals surface area contributed by atoms with Gasteiger partial charge in [-0.15, -0.1) is 0 Å². The van der Waals surface area contributed by atoms with Gasteiger partial charge in [0.15, 0.2) is 0 Å². The van der Waals surface area contributed by atoms with E-state index in [0.29, 0.717) is 17.8 Å². The minimum Gasteiger partial charge on any atom is -0.398 e. The van der Waals surface area contributed by atoms with Crippen LogP contribution in [0.5, 0.6) is 0 Å². The molecule has 0 aliphatic heterocycles. The van der Waals surface area contributed by atoms with Crippen LogP contribution in [0.3, 0.4) is 0 Å². The molecule has 0 fully saturated rings. The van der Waals surface area contributed by atoms with Crippen molar-refractivity contribution < 1.29 is 4.79 Å². The molecule has 2 aromatic rings. The number of nitrogens with one attached hydrogen (secondary N) is 1. The quantitative estimate of drug-likeness (QED) is 0.834. The molecule has 2 rings (SSSR count). The molecule has 3 nitrogen and oxygen atoms in total. The number of thiophene rings is 1. The topological polar surface area (TPSA) is 55.1 Å². The number of amides is 1. The van der Waals surface area contributed by atoms with E-state index in [1.54, 1.807) is 17.4 Å². The monoisotopic (exact) mass is 260 g/mol. The number of anilines is 1. The predicted molar refractivity (Wildman–Crippen MR) is 75.8 cm³/mol. The zero-order valence-electron chi connectivity index (χ0n) is 10.5. The van der Waals surface area contributed by atoms with Crippen LogP contribution in [0.1, 0.15) is 27.0 Å². The summed E-state index contributed by atoms with van der Waals surface area (Å²) in [4.78, 5) is 12.1. The van der Waals surface area contributed by atoms with Crippen LogP contribution in [0.25, 0.3) is 0 Å². The highest BCUT2D eigenvalue weighted by Gasteiger charge is 2.12. The minimum absolute atomic E-state index is 0.115. The van der Waals surface area contributed by atoms with Gasteiger partial charge < -0.3 is 11.1 Å². The van der Waals surface area contributed by atoms with Crippen molar-refractivity contribution in [3.8, 4) is 0 Å². The molecule has 0 atom stereocenters. The number of benzene rings is 1. The van der Waals surface area contributed by atoms with Gasteiger partial charge >= 0.3 is 0 Å². The summed E-state index contributed by atoms with van der Waals surface area (Å²) >= 11 is 1.64. The van der Waals surface area contributed by atoms with Crippen molar-refractivity contribution in [1.82, 2.24) is 5.32 Å². The Morgan fingerprint density at radius 3 is 2.67 bits per heavy atom. The van der Waals surface area contributed by atoms with E-state index in [2.05, 4.69) is 16.1 Å². The highest BCUT2D eigenvalue weighted by Crippen LogP contribution is 2.17. The number of carbonyl (C=O) groups is 1. The van der Waals surface area contributed by atoms with Gasteiger partial charge in [-0.25, -0.2) is 0 Å². The van der Waals surface area contributed by atoms with E-state index in [1.165, 1.54) is 5.56 Å². The molecule has 4 heteroatoms. The molecule has 0 saturated carbocycles. The summed E-state index contributed by atoms with van der Waals surface area (Å²) in [5.74, 6) is -0.115. The molecule has 3 N–H and O–H groups in total. The molecule has 0 radical (unpaired) electrons. The van der Waals surface area contributed by atoms with Crippen molar-refractivity contribution in [1.29, 1.82) is 0 Å². The van der Waals surface area contributed by atoms with Crippen molar-refractivity contribution in [2.75, 3.05) is 5.73 Å². The van der Waals surface area contributed by atoms with E-state index in [1.807, 2.05) is 26.0 Å². The van der Waals surface area contributed by atoms with Gasteiger partial charge in [-0.3, -0.25) is 4.79 Å². The Morgan fingerprint density at radius 1 is 1.28 bits per heavy atom. The Bertz CT molecular complexity index is 555. The molecule has 18 heavy (non-hydrogen) atoms. The highest BCUT2D eigenvalue weighted by molar-refractivity contribution is 7.08. The highest BCUT2D eigenvalue weighted by atomic mass is 32.1. The first-order valence-corrected chi connectivity index (χ1v) is 6.69. The normalized spacial score (nSPS) is 10.3. The average Bonchev–Trinajstić information content (AvgIpc) is 2.72. The molecule has 0 saturated heterocycles. The third-order valence-electron chi connectivity index (χ3n) is 2.93. The standard InChI is InChI=1S/C14H16N2OS/c1-9-4-3-5-12(15)13(9)14(17)16-6-11-8-18-7-10(11)2/h3-5,7-8H,6,15H2,1-2H3,(H,16,17). The molecule has 0 aliphatic rings. The Balaban J connectivity index is 2.11. The second kappa shape index (κ2) is 5.23. The van der Waals surface area contributed by atoms with E-state index >= 15 is 0 Å². The van der Waals surface area contributed by atoms with Crippen molar-refractivity contribution in [3.05, 3.63) is 51.2 Å². The van der Waals surface area contributed by atoms with E-state index in [9.17, 15) is 4.79 Å². The molecule has 0 bridgehead atoms. The van der Waals surface area contributed by atoms with Crippen molar-refractivity contribution in [2.45, 2.75) is 20.4 Å². The number of carbonyl (C=O) groups excluding carboxylic acids is 1. The molecule has 0 unspecified atom stereocenters. The Labute approximate surface area is 111 Å². The largest absolute Gasteiger partial charge is 0.398 e. The van der Waals surface area contributed by atoms with E-state index in [4.69, 9.17) is 5.73 Å². The van der Waals surface area contributed by atoms with Crippen molar-refractivity contribution >= 4 is 22.9 Å². The number of aryl methyl sites for hydroxylation is 2. The van der Waals surface area contributed by atoms with Crippen LogP contribution in [0.4, 0.5) is 5.69 Å². The number of nitrogen functional groups attached to an aromatic ring is 1. The molecular formula is C14H16N2OS. The number of rotatable bonds is 3. The van der Waals surface area contributed by atoms with Crippen molar-refractivity contribution in [2.24, 2.45) is 0 Å². The van der Waals surface area contributed by atoms with Crippen LogP contribution < -0.4 is 11.1 Å². The molecule has 1 aromatic carbocycles. The van der Waals surface area contributed by atoms with E-state index < -0.39 is 0 Å². The third-order valence-corrected chi connectivity index (χ3v) is 3.84. The lowest BCUT2D eigenvalue weighted by Gasteiger charge is -2.10. The van der Waals surface area contributed by atoms with Crippen LogP contribution in [0, 0.1) is 13.8 Å². The summed E-state index contributed by atoms with van der Waals surface area (Å²) in [5, 5.41) is 7.04. The summed E-state index contributed by atoms with van der Waals surface area (Å²) in [6.45, 7) is 4.48. The van der Waals surface area contributed by atoms with Gasteiger partial charge in [-0.05, 0) is 47.4 Å². The number of hydrogen-bond acceptors (Lipinski definition) is 3. The first-order valence-electron chi connectivity index (χ1n) is 5.74. The summed E-state index contributed by atoms with van der Waals surface area (Å²) in [5.41, 5.74) is 10.2. The molecule has 0 aliphatic carbocycles. The SMILES string of the molecule is Cc1cscc1CNC(=O)c1c(C)cccc1N. The fourth-order valence-corrected chi connectivity index (χ4v) is 2.69. The summed E-state index contributed by atoms with van der Waals surface area (Å²) in [6, 6.07) is 5.49. The summed E-state index contributed by atoms with van der Waals surface area (Å²) in [7, 11) is 0. The zero-order valence-corrected chi connectivity index (χ0v) is 11.3. The van der Waals surface area contributed by atoms with Crippen molar-refractivity contribution in [3.63, 3.8) is 0 Å². The Hall–Kier alpha value is -1.81. The smallest absolute Gasteiger partial charge is 0.253 e. The third kappa shape index (κ3) is 2.54. The van der Waals surface area contributed by atoms with Gasteiger partial charge in [0, 0.05) is 12.2 Å². The van der Waals surface area contributed by atoms with Crippen LogP contribution in [-0.4, -0.2) is 5.91 Å². The molecule has 1 aromatic heterocycles. The second-order valence-corrected chi connectivity index (χ2v) is 5.05. The maximum atomic E-state index is 12.1. The first kappa shape index (κ1) is 12.6. The van der Waals surface area contributed by atoms with Gasteiger partial charge in [0.2, 0.25) is 0 Å². The van der Waals surface area contributed by atoms with Crippen LogP contribution in [0.15, 0.2) is 29.0 Å². The van der Waals surface area contributed by atoms with Gasteiger partial charge in [0.05, 0.1) is 5.56 Å². The van der Waals surface area contributed by atoms with Gasteiger partial charge in [-0.2, -0.15) is 11.3 Å². The van der Waals surface area contributed by atoms with E-state index in [0.717, 1.165) is 11.1 Å². The lowest BCUT2D eigenvalue weighted by Crippen LogP contribution is -2.24. The lowest BCUT2D eigenvalue weighted by atomic mass is 10.1. The molecule has 94 valence electrons. The summed E-state index contributed by atoms with van der Waals surface area (Å²) < 4.78 is 0. The predicted octanol–water partition coefficient (Wildman–Crippen LogP) is 2.88. The minimum atomic E-state index is -0.115. The van der Waals surface area contributed by atoms with Gasteiger partial charge in [0.25, 0.3) is 5.91 Å². The molecule has 1 heterocycles. The first-order chi connectivity index (χ1) is 8.59. The van der Waals surface area contributed by atoms with Crippen LogP contribution >= 0.6 is 11.3 Å². The van der Waals surface area contributed by atoms with Crippen LogP contribution in [-0.2, 0) is 6.54 Å². The Morgan fingerprint density at radius 2 is 2.06 bits per heavy atom. The molecule has 1 amide bonds. The average molecular weight is 260 g/mol. The fourth-order valence-electron chi connectivity index (χ4n) is 1.83. The molecule has 0 spiro atoms. The number of hydrogen-bond donors (Lipinski definition) is 2. The number of nitrogens with two attached hydrogens (primary N) is 1.